The minimum atomic E-state index is -0.533. The van der Waals surface area contributed by atoms with E-state index in [2.05, 4.69) is 11.2 Å². The van der Waals surface area contributed by atoms with Crippen molar-refractivity contribution in [3.63, 3.8) is 0 Å². The van der Waals surface area contributed by atoms with Crippen molar-refractivity contribution in [2.45, 2.75) is 39.0 Å². The van der Waals surface area contributed by atoms with Crippen molar-refractivity contribution in [2.24, 2.45) is 0 Å². The van der Waals surface area contributed by atoms with Gasteiger partial charge in [-0.2, -0.15) is 0 Å². The third-order valence-corrected chi connectivity index (χ3v) is 1.90. The highest BCUT2D eigenvalue weighted by Gasteiger charge is 2.05. The van der Waals surface area contributed by atoms with Gasteiger partial charge in [0.2, 0.25) is 0 Å². The topological polar surface area (TPSA) is 50.7 Å². The van der Waals surface area contributed by atoms with Gasteiger partial charge in [0.05, 0.1) is 38.1 Å². The predicted octanol–water partition coefficient (Wildman–Crippen LogP) is 0.400. The Balaban J connectivity index is 3.31. The van der Waals surface area contributed by atoms with Gasteiger partial charge in [0, 0.05) is 6.54 Å². The van der Waals surface area contributed by atoms with Gasteiger partial charge >= 0.3 is 0 Å². The molecule has 0 saturated carbocycles. The summed E-state index contributed by atoms with van der Waals surface area (Å²) in [5.74, 6) is 2.53. The highest BCUT2D eigenvalue weighted by molar-refractivity contribution is 4.95. The Hall–Kier alpha value is -0.600. The lowest BCUT2D eigenvalue weighted by molar-refractivity contribution is -0.0101. The largest absolute Gasteiger partial charge is 0.389 e. The number of hydrogen-bond acceptors (Lipinski definition) is 4. The molecule has 0 aliphatic rings. The zero-order valence-corrected chi connectivity index (χ0v) is 10.4. The molecular weight excluding hydrogens is 206 g/mol. The summed E-state index contributed by atoms with van der Waals surface area (Å²) in [5, 5.41) is 12.5. The number of aliphatic hydroxyl groups is 1. The summed E-state index contributed by atoms with van der Waals surface area (Å²) in [6, 6.07) is -0.0288. The molecule has 4 heteroatoms. The summed E-state index contributed by atoms with van der Waals surface area (Å²) in [4.78, 5) is 0. The minimum Gasteiger partial charge on any atom is -0.389 e. The van der Waals surface area contributed by atoms with Crippen molar-refractivity contribution in [1.29, 1.82) is 0 Å². The predicted molar refractivity (Wildman–Crippen MR) is 64.2 cm³/mol. The van der Waals surface area contributed by atoms with Gasteiger partial charge in [-0.25, -0.2) is 0 Å². The van der Waals surface area contributed by atoms with E-state index in [1.54, 1.807) is 0 Å². The normalized spacial score (nSPS) is 14.8. The molecule has 0 fully saturated rings. The standard InChI is InChI=1S/C12H23NO3/c1-5-11(4)13-8-12(14)9-15-6-7-16-10(2)3/h1,10-14H,6-9H2,2-4H3. The van der Waals surface area contributed by atoms with E-state index in [0.29, 0.717) is 26.4 Å². The van der Waals surface area contributed by atoms with E-state index in [-0.39, 0.29) is 12.1 Å². The molecule has 2 N–H and O–H groups in total. The quantitative estimate of drug-likeness (QED) is 0.444. The van der Waals surface area contributed by atoms with Gasteiger partial charge in [-0.1, -0.05) is 5.92 Å². The Morgan fingerprint density at radius 3 is 2.56 bits per heavy atom. The van der Waals surface area contributed by atoms with Crippen LogP contribution < -0.4 is 5.32 Å². The Labute approximate surface area is 98.3 Å². The fraction of sp³-hybridized carbons (Fsp3) is 0.833. The summed E-state index contributed by atoms with van der Waals surface area (Å²) >= 11 is 0. The Bertz CT molecular complexity index is 201. The van der Waals surface area contributed by atoms with Crippen molar-refractivity contribution >= 4 is 0 Å². The van der Waals surface area contributed by atoms with Gasteiger partial charge in [0.25, 0.3) is 0 Å². The molecule has 4 nitrogen and oxygen atoms in total. The fourth-order valence-electron chi connectivity index (χ4n) is 0.993. The molecule has 0 rings (SSSR count). The number of rotatable bonds is 9. The molecular formula is C12H23NO3. The van der Waals surface area contributed by atoms with Crippen molar-refractivity contribution in [1.82, 2.24) is 5.32 Å². The molecule has 0 saturated heterocycles. The lowest BCUT2D eigenvalue weighted by Crippen LogP contribution is -2.35. The lowest BCUT2D eigenvalue weighted by Gasteiger charge is -2.14. The van der Waals surface area contributed by atoms with Crippen molar-refractivity contribution < 1.29 is 14.6 Å². The van der Waals surface area contributed by atoms with E-state index in [1.807, 2.05) is 20.8 Å². The minimum absolute atomic E-state index is 0.0288. The third-order valence-electron chi connectivity index (χ3n) is 1.90. The molecule has 2 atom stereocenters. The maximum Gasteiger partial charge on any atom is 0.0898 e. The molecule has 0 aliphatic carbocycles. The van der Waals surface area contributed by atoms with Crippen LogP contribution in [0.5, 0.6) is 0 Å². The molecule has 0 heterocycles. The SMILES string of the molecule is C#CC(C)NCC(O)COCCOC(C)C. The Morgan fingerprint density at radius 2 is 2.00 bits per heavy atom. The summed E-state index contributed by atoms with van der Waals surface area (Å²) in [7, 11) is 0. The molecule has 0 aromatic carbocycles. The average Bonchev–Trinajstić information content (AvgIpc) is 2.24. The van der Waals surface area contributed by atoms with Gasteiger partial charge in [0.15, 0.2) is 0 Å². The van der Waals surface area contributed by atoms with E-state index < -0.39 is 6.10 Å². The zero-order valence-electron chi connectivity index (χ0n) is 10.4. The number of nitrogens with one attached hydrogen (secondary N) is 1. The van der Waals surface area contributed by atoms with Crippen LogP contribution in [-0.2, 0) is 9.47 Å². The van der Waals surface area contributed by atoms with Gasteiger partial charge in [-0.15, -0.1) is 6.42 Å². The first-order valence-electron chi connectivity index (χ1n) is 5.63. The Kier molecular flexibility index (Phi) is 9.25. The zero-order chi connectivity index (χ0) is 12.4. The van der Waals surface area contributed by atoms with Crippen LogP contribution in [0.3, 0.4) is 0 Å². The van der Waals surface area contributed by atoms with Crippen LogP contribution in [0.15, 0.2) is 0 Å². The maximum atomic E-state index is 9.51. The van der Waals surface area contributed by atoms with Gasteiger partial charge in [0.1, 0.15) is 0 Å². The van der Waals surface area contributed by atoms with Crippen LogP contribution >= 0.6 is 0 Å². The van der Waals surface area contributed by atoms with Crippen molar-refractivity contribution in [3.8, 4) is 12.3 Å². The van der Waals surface area contributed by atoms with Gasteiger partial charge in [-0.05, 0) is 20.8 Å². The molecule has 0 radical (unpaired) electrons. The van der Waals surface area contributed by atoms with Crippen LogP contribution in [0.4, 0.5) is 0 Å². The molecule has 0 aliphatic heterocycles. The summed E-state index contributed by atoms with van der Waals surface area (Å²) in [5.41, 5.74) is 0. The summed E-state index contributed by atoms with van der Waals surface area (Å²) in [6.07, 6.45) is 4.87. The molecule has 0 spiro atoms. The van der Waals surface area contributed by atoms with Crippen LogP contribution in [-0.4, -0.2) is 49.7 Å². The molecule has 0 aromatic heterocycles. The van der Waals surface area contributed by atoms with Crippen molar-refractivity contribution in [2.75, 3.05) is 26.4 Å². The van der Waals surface area contributed by atoms with E-state index in [9.17, 15) is 5.11 Å². The molecule has 2 unspecified atom stereocenters. The second-order valence-corrected chi connectivity index (χ2v) is 3.94. The summed E-state index contributed by atoms with van der Waals surface area (Å²) < 4.78 is 10.5. The molecule has 16 heavy (non-hydrogen) atoms. The number of ether oxygens (including phenoxy) is 2. The van der Waals surface area contributed by atoms with Crippen LogP contribution in [0, 0.1) is 12.3 Å². The monoisotopic (exact) mass is 229 g/mol. The van der Waals surface area contributed by atoms with Crippen molar-refractivity contribution in [3.05, 3.63) is 0 Å². The second kappa shape index (κ2) is 9.61. The first-order valence-corrected chi connectivity index (χ1v) is 5.63. The Morgan fingerprint density at radius 1 is 1.31 bits per heavy atom. The summed E-state index contributed by atoms with van der Waals surface area (Å²) in [6.45, 7) is 7.60. The average molecular weight is 229 g/mol. The van der Waals surface area contributed by atoms with Crippen LogP contribution in [0.25, 0.3) is 0 Å². The number of aliphatic hydroxyl groups excluding tert-OH is 1. The van der Waals surface area contributed by atoms with E-state index in [4.69, 9.17) is 15.9 Å². The number of terminal acetylenes is 1. The first-order chi connectivity index (χ1) is 7.56. The van der Waals surface area contributed by atoms with E-state index in [1.165, 1.54) is 0 Å². The van der Waals surface area contributed by atoms with Gasteiger partial charge in [-0.3, -0.25) is 0 Å². The van der Waals surface area contributed by atoms with Crippen LogP contribution in [0.1, 0.15) is 20.8 Å². The highest BCUT2D eigenvalue weighted by Crippen LogP contribution is 1.89. The van der Waals surface area contributed by atoms with Gasteiger partial charge < -0.3 is 19.9 Å². The molecule has 0 bridgehead atoms. The molecule has 0 amide bonds. The second-order valence-electron chi connectivity index (χ2n) is 3.94. The lowest BCUT2D eigenvalue weighted by atomic mass is 10.3. The molecule has 0 aromatic rings. The maximum absolute atomic E-state index is 9.51. The third kappa shape index (κ3) is 9.94. The number of hydrogen-bond donors (Lipinski definition) is 2. The van der Waals surface area contributed by atoms with E-state index >= 15 is 0 Å². The van der Waals surface area contributed by atoms with Crippen LogP contribution in [0.2, 0.25) is 0 Å². The first kappa shape index (κ1) is 15.4. The molecule has 94 valence electrons. The highest BCUT2D eigenvalue weighted by atomic mass is 16.5. The van der Waals surface area contributed by atoms with E-state index in [0.717, 1.165) is 0 Å². The smallest absolute Gasteiger partial charge is 0.0898 e. The fourth-order valence-corrected chi connectivity index (χ4v) is 0.993.